The van der Waals surface area contributed by atoms with E-state index in [1.807, 2.05) is 0 Å². The highest BCUT2D eigenvalue weighted by atomic mass is 19.3. The third kappa shape index (κ3) is 2.19. The van der Waals surface area contributed by atoms with Gasteiger partial charge in [-0.3, -0.25) is 0 Å². The van der Waals surface area contributed by atoms with Gasteiger partial charge in [0.15, 0.2) is 0 Å². The van der Waals surface area contributed by atoms with Gasteiger partial charge >= 0.3 is 0 Å². The molecular formula is C10H9F2NO. The maximum Gasteiger partial charge on any atom is 0.270 e. The van der Waals surface area contributed by atoms with E-state index in [1.54, 1.807) is 6.07 Å². The molecule has 0 unspecified atom stereocenters. The van der Waals surface area contributed by atoms with Crippen LogP contribution in [0.25, 0.3) is 0 Å². The zero-order valence-electron chi connectivity index (χ0n) is 7.84. The van der Waals surface area contributed by atoms with E-state index in [1.165, 1.54) is 19.2 Å². The van der Waals surface area contributed by atoms with Crippen LogP contribution in [0, 0.1) is 11.3 Å². The minimum Gasteiger partial charge on any atom is -0.497 e. The van der Waals surface area contributed by atoms with Gasteiger partial charge in [0.05, 0.1) is 18.7 Å². The molecule has 0 heterocycles. The average molecular weight is 197 g/mol. The molecule has 1 rings (SSSR count). The molecule has 0 radical (unpaired) electrons. The Labute approximate surface area is 80.7 Å². The molecule has 0 aliphatic carbocycles. The highest BCUT2D eigenvalue weighted by Crippen LogP contribution is 2.30. The standard InChI is InChI=1S/C10H9F2NO/c1-10(11,12)8-3-7(6-13)4-9(5-8)14-2/h3-5H,1-2H3. The van der Waals surface area contributed by atoms with Crippen molar-refractivity contribution in [3.63, 3.8) is 0 Å². The van der Waals surface area contributed by atoms with E-state index < -0.39 is 5.92 Å². The fourth-order valence-electron chi connectivity index (χ4n) is 1.03. The van der Waals surface area contributed by atoms with Crippen molar-refractivity contribution in [3.8, 4) is 11.8 Å². The van der Waals surface area contributed by atoms with Crippen LogP contribution < -0.4 is 4.74 Å². The number of nitriles is 1. The summed E-state index contributed by atoms with van der Waals surface area (Å²) >= 11 is 0. The number of ether oxygens (including phenoxy) is 1. The molecule has 14 heavy (non-hydrogen) atoms. The van der Waals surface area contributed by atoms with Crippen LogP contribution >= 0.6 is 0 Å². The Morgan fingerprint density at radius 3 is 2.43 bits per heavy atom. The van der Waals surface area contributed by atoms with E-state index in [0.29, 0.717) is 0 Å². The van der Waals surface area contributed by atoms with Gasteiger partial charge in [-0.15, -0.1) is 0 Å². The monoisotopic (exact) mass is 197 g/mol. The minimum atomic E-state index is -2.96. The van der Waals surface area contributed by atoms with E-state index in [2.05, 4.69) is 0 Å². The molecule has 0 bridgehead atoms. The lowest BCUT2D eigenvalue weighted by Gasteiger charge is -2.12. The lowest BCUT2D eigenvalue weighted by Crippen LogP contribution is -2.07. The normalized spacial score (nSPS) is 10.8. The van der Waals surface area contributed by atoms with Crippen LogP contribution in [0.1, 0.15) is 18.1 Å². The van der Waals surface area contributed by atoms with Crippen LogP contribution in [0.4, 0.5) is 8.78 Å². The zero-order valence-corrected chi connectivity index (χ0v) is 7.84. The van der Waals surface area contributed by atoms with Crippen molar-refractivity contribution >= 4 is 0 Å². The average Bonchev–Trinajstić information content (AvgIpc) is 2.15. The first-order valence-corrected chi connectivity index (χ1v) is 3.95. The summed E-state index contributed by atoms with van der Waals surface area (Å²) in [5, 5.41) is 8.60. The Morgan fingerprint density at radius 1 is 1.36 bits per heavy atom. The van der Waals surface area contributed by atoms with Gasteiger partial charge in [0, 0.05) is 12.5 Å². The van der Waals surface area contributed by atoms with Gasteiger partial charge in [-0.25, -0.2) is 8.78 Å². The Hall–Kier alpha value is -1.63. The second kappa shape index (κ2) is 3.62. The van der Waals surface area contributed by atoms with Crippen molar-refractivity contribution in [1.82, 2.24) is 0 Å². The number of nitrogens with zero attached hydrogens (tertiary/aromatic N) is 1. The predicted molar refractivity (Wildman–Crippen MR) is 47.3 cm³/mol. The molecule has 4 heteroatoms. The summed E-state index contributed by atoms with van der Waals surface area (Å²) in [5.41, 5.74) is -0.0470. The van der Waals surface area contributed by atoms with Crippen molar-refractivity contribution in [2.45, 2.75) is 12.8 Å². The highest BCUT2D eigenvalue weighted by Gasteiger charge is 2.25. The highest BCUT2D eigenvalue weighted by molar-refractivity contribution is 5.42. The van der Waals surface area contributed by atoms with E-state index in [0.717, 1.165) is 13.0 Å². The van der Waals surface area contributed by atoms with Gasteiger partial charge in [0.2, 0.25) is 0 Å². The van der Waals surface area contributed by atoms with Crippen molar-refractivity contribution in [2.75, 3.05) is 7.11 Å². The largest absolute Gasteiger partial charge is 0.497 e. The number of methoxy groups -OCH3 is 1. The smallest absolute Gasteiger partial charge is 0.270 e. The molecule has 0 saturated heterocycles. The molecule has 74 valence electrons. The predicted octanol–water partition coefficient (Wildman–Crippen LogP) is 2.68. The minimum absolute atomic E-state index is 0.167. The maximum atomic E-state index is 12.9. The molecule has 1 aromatic rings. The van der Waals surface area contributed by atoms with Crippen molar-refractivity contribution in [2.24, 2.45) is 0 Å². The number of hydrogen-bond acceptors (Lipinski definition) is 2. The first-order valence-electron chi connectivity index (χ1n) is 3.95. The maximum absolute atomic E-state index is 12.9. The summed E-state index contributed by atoms with van der Waals surface area (Å²) in [5.74, 6) is -2.69. The summed E-state index contributed by atoms with van der Waals surface area (Å²) in [4.78, 5) is 0. The fraction of sp³-hybridized carbons (Fsp3) is 0.300. The number of halogens is 2. The van der Waals surface area contributed by atoms with Crippen molar-refractivity contribution in [1.29, 1.82) is 5.26 Å². The number of rotatable bonds is 2. The zero-order chi connectivity index (χ0) is 10.8. The molecule has 0 spiro atoms. The summed E-state index contributed by atoms with van der Waals surface area (Å²) in [6.07, 6.45) is 0. The SMILES string of the molecule is COc1cc(C#N)cc(C(C)(F)F)c1. The summed E-state index contributed by atoms with van der Waals surface area (Å²) in [6, 6.07) is 5.59. The third-order valence-electron chi connectivity index (χ3n) is 1.78. The fourth-order valence-corrected chi connectivity index (χ4v) is 1.03. The first kappa shape index (κ1) is 10.5. The molecule has 0 aliphatic heterocycles. The molecule has 1 aromatic carbocycles. The number of alkyl halides is 2. The van der Waals surface area contributed by atoms with Gasteiger partial charge < -0.3 is 4.74 Å². The Balaban J connectivity index is 3.26. The summed E-state index contributed by atoms with van der Waals surface area (Å²) in [7, 11) is 1.37. The molecule has 0 amide bonds. The van der Waals surface area contributed by atoms with Gasteiger partial charge in [0.1, 0.15) is 5.75 Å². The Morgan fingerprint density at radius 2 is 2.00 bits per heavy atom. The van der Waals surface area contributed by atoms with Crippen LogP contribution in [-0.2, 0) is 5.92 Å². The number of hydrogen-bond donors (Lipinski definition) is 0. The van der Waals surface area contributed by atoms with E-state index in [9.17, 15) is 8.78 Å². The van der Waals surface area contributed by atoms with Crippen LogP contribution in [0.3, 0.4) is 0 Å². The van der Waals surface area contributed by atoms with Crippen LogP contribution in [0.2, 0.25) is 0 Å². The molecule has 0 N–H and O–H groups in total. The Kier molecular flexibility index (Phi) is 2.70. The first-order chi connectivity index (χ1) is 6.47. The van der Waals surface area contributed by atoms with Crippen molar-refractivity contribution < 1.29 is 13.5 Å². The molecule has 0 fully saturated rings. The van der Waals surface area contributed by atoms with Gasteiger partial charge in [-0.2, -0.15) is 5.26 Å². The second-order valence-electron chi connectivity index (χ2n) is 2.95. The lowest BCUT2D eigenvalue weighted by atomic mass is 10.1. The Bertz CT molecular complexity index is 377. The van der Waals surface area contributed by atoms with E-state index in [4.69, 9.17) is 10.00 Å². The molecule has 0 aromatic heterocycles. The van der Waals surface area contributed by atoms with E-state index in [-0.39, 0.29) is 16.9 Å². The molecule has 2 nitrogen and oxygen atoms in total. The van der Waals surface area contributed by atoms with Crippen LogP contribution in [0.15, 0.2) is 18.2 Å². The quantitative estimate of drug-likeness (QED) is 0.730. The molecule has 0 aliphatic rings. The number of benzene rings is 1. The van der Waals surface area contributed by atoms with Crippen molar-refractivity contribution in [3.05, 3.63) is 29.3 Å². The lowest BCUT2D eigenvalue weighted by molar-refractivity contribution is 0.0172. The topological polar surface area (TPSA) is 33.0 Å². The summed E-state index contributed by atoms with van der Waals surface area (Å²) in [6.45, 7) is 0.781. The summed E-state index contributed by atoms with van der Waals surface area (Å²) < 4.78 is 30.7. The molecular weight excluding hydrogens is 188 g/mol. The van der Waals surface area contributed by atoms with Crippen LogP contribution in [0.5, 0.6) is 5.75 Å². The van der Waals surface area contributed by atoms with Gasteiger partial charge in [-0.05, 0) is 18.2 Å². The van der Waals surface area contributed by atoms with Crippen LogP contribution in [-0.4, -0.2) is 7.11 Å². The molecule has 0 atom stereocenters. The second-order valence-corrected chi connectivity index (χ2v) is 2.95. The van der Waals surface area contributed by atoms with Gasteiger partial charge in [0.25, 0.3) is 5.92 Å². The third-order valence-corrected chi connectivity index (χ3v) is 1.78. The van der Waals surface area contributed by atoms with E-state index >= 15 is 0 Å². The molecule has 0 saturated carbocycles. The van der Waals surface area contributed by atoms with Gasteiger partial charge in [-0.1, -0.05) is 0 Å².